The highest BCUT2D eigenvalue weighted by molar-refractivity contribution is 6.00. The van der Waals surface area contributed by atoms with Gasteiger partial charge in [0.25, 0.3) is 0 Å². The van der Waals surface area contributed by atoms with E-state index in [-0.39, 0.29) is 24.0 Å². The van der Waals surface area contributed by atoms with E-state index in [4.69, 9.17) is 19.2 Å². The lowest BCUT2D eigenvalue weighted by Crippen LogP contribution is -2.26. The smallest absolute Gasteiger partial charge is 0.344 e. The van der Waals surface area contributed by atoms with E-state index in [9.17, 15) is 9.59 Å². The summed E-state index contributed by atoms with van der Waals surface area (Å²) in [6, 6.07) is 9.73. The van der Waals surface area contributed by atoms with Crippen molar-refractivity contribution >= 4 is 22.7 Å². The van der Waals surface area contributed by atoms with Gasteiger partial charge in [-0.15, -0.1) is 0 Å². The lowest BCUT2D eigenvalue weighted by molar-refractivity contribution is 0.0525. The molecule has 8 nitrogen and oxygen atoms in total. The Bertz CT molecular complexity index is 1250. The fourth-order valence-electron chi connectivity index (χ4n) is 4.50. The highest BCUT2D eigenvalue weighted by Crippen LogP contribution is 2.36. The Hall–Kier alpha value is -3.39. The Morgan fingerprint density at radius 3 is 2.67 bits per heavy atom. The maximum atomic E-state index is 13.3. The van der Waals surface area contributed by atoms with Crippen LogP contribution in [0, 0.1) is 12.8 Å². The molecule has 1 fully saturated rings. The maximum absolute atomic E-state index is 13.3. The molecule has 0 saturated carbocycles. The molecule has 0 spiro atoms. The second kappa shape index (κ2) is 9.23. The number of fused-ring (bicyclic) bond motifs is 1. The zero-order valence-electron chi connectivity index (χ0n) is 19.6. The topological polar surface area (TPSA) is 93.8 Å². The zero-order chi connectivity index (χ0) is 23.7. The van der Waals surface area contributed by atoms with Gasteiger partial charge in [0, 0.05) is 37.1 Å². The summed E-state index contributed by atoms with van der Waals surface area (Å²) in [6.45, 7) is 7.13. The monoisotopic (exact) mass is 451 g/mol. The van der Waals surface area contributed by atoms with E-state index in [1.54, 1.807) is 21.0 Å². The minimum atomic E-state index is -0.698. The van der Waals surface area contributed by atoms with Crippen LogP contribution in [0.4, 0.5) is 5.82 Å². The second-order valence-electron chi connectivity index (χ2n) is 8.29. The first-order valence-electron chi connectivity index (χ1n) is 11.0. The molecule has 4 rings (SSSR count). The van der Waals surface area contributed by atoms with Crippen LogP contribution in [0.25, 0.3) is 22.2 Å². The molecule has 0 aliphatic carbocycles. The third-order valence-electron chi connectivity index (χ3n) is 6.14. The van der Waals surface area contributed by atoms with Crippen LogP contribution in [0.1, 0.15) is 29.9 Å². The standard InChI is InChI=1S/C25H29N3O5/c1-6-33-25(30)20-21(26-15(3)23(32-5)22(20)29)17-11-16-9-7-8-10-18(16)27-24(17)28-12-14(2)19(13-28)31-4/h7-11,14,19H,6,12-13H2,1-5H3,(H,26,29). The number of aryl methyl sites for hydroxylation is 1. The quantitative estimate of drug-likeness (QED) is 0.573. The fourth-order valence-corrected chi connectivity index (χ4v) is 4.50. The minimum Gasteiger partial charge on any atom is -0.491 e. The van der Waals surface area contributed by atoms with Crippen LogP contribution in [0.5, 0.6) is 5.75 Å². The molecule has 1 aromatic carbocycles. The van der Waals surface area contributed by atoms with Gasteiger partial charge in [0.1, 0.15) is 11.4 Å². The van der Waals surface area contributed by atoms with Crippen LogP contribution in [-0.4, -0.2) is 56.0 Å². The molecule has 3 heterocycles. The molecule has 8 heteroatoms. The molecule has 0 bridgehead atoms. The normalized spacial score (nSPS) is 18.0. The molecular formula is C25H29N3O5. The lowest BCUT2D eigenvalue weighted by Gasteiger charge is -2.23. The Labute approximate surface area is 192 Å². The van der Waals surface area contributed by atoms with Crippen LogP contribution >= 0.6 is 0 Å². The van der Waals surface area contributed by atoms with Crippen LogP contribution in [0.2, 0.25) is 0 Å². The van der Waals surface area contributed by atoms with Crippen molar-refractivity contribution in [3.8, 4) is 17.0 Å². The van der Waals surface area contributed by atoms with Crippen molar-refractivity contribution in [3.63, 3.8) is 0 Å². The van der Waals surface area contributed by atoms with E-state index in [0.717, 1.165) is 17.4 Å². The summed E-state index contributed by atoms with van der Waals surface area (Å²) >= 11 is 0. The van der Waals surface area contributed by atoms with Crippen LogP contribution in [-0.2, 0) is 9.47 Å². The van der Waals surface area contributed by atoms with Crippen LogP contribution in [0.3, 0.4) is 0 Å². The molecule has 2 aromatic heterocycles. The lowest BCUT2D eigenvalue weighted by atomic mass is 10.0. The van der Waals surface area contributed by atoms with Gasteiger partial charge in [0.2, 0.25) is 5.43 Å². The van der Waals surface area contributed by atoms with Crippen molar-refractivity contribution < 1.29 is 19.0 Å². The first-order chi connectivity index (χ1) is 15.9. The zero-order valence-corrected chi connectivity index (χ0v) is 19.6. The van der Waals surface area contributed by atoms with Crippen LogP contribution in [0.15, 0.2) is 35.1 Å². The first-order valence-corrected chi connectivity index (χ1v) is 11.0. The number of carbonyl (C=O) groups excluding carboxylic acids is 1. The molecule has 33 heavy (non-hydrogen) atoms. The Balaban J connectivity index is 2.01. The third-order valence-corrected chi connectivity index (χ3v) is 6.14. The molecule has 3 aromatic rings. The van der Waals surface area contributed by atoms with E-state index in [0.29, 0.717) is 35.2 Å². The summed E-state index contributed by atoms with van der Waals surface area (Å²) < 4.78 is 16.2. The molecule has 1 aliphatic heterocycles. The summed E-state index contributed by atoms with van der Waals surface area (Å²) in [4.78, 5) is 36.5. The number of para-hydroxylation sites is 1. The summed E-state index contributed by atoms with van der Waals surface area (Å²) in [6.07, 6.45) is 0.0623. The predicted octanol–water partition coefficient (Wildman–Crippen LogP) is 3.55. The van der Waals surface area contributed by atoms with E-state index in [1.807, 2.05) is 30.3 Å². The van der Waals surface area contributed by atoms with Gasteiger partial charge in [-0.3, -0.25) is 4.79 Å². The van der Waals surface area contributed by atoms with E-state index < -0.39 is 11.4 Å². The number of pyridine rings is 2. The summed E-state index contributed by atoms with van der Waals surface area (Å²) in [5.74, 6) is 0.380. The number of methoxy groups -OCH3 is 2. The first kappa shape index (κ1) is 22.8. The van der Waals surface area contributed by atoms with E-state index in [1.165, 1.54) is 7.11 Å². The largest absolute Gasteiger partial charge is 0.491 e. The average molecular weight is 452 g/mol. The number of carbonyl (C=O) groups is 1. The number of anilines is 1. The number of hydrogen-bond acceptors (Lipinski definition) is 7. The highest BCUT2D eigenvalue weighted by atomic mass is 16.5. The number of nitrogens with zero attached hydrogens (tertiary/aromatic N) is 2. The molecular weight excluding hydrogens is 422 g/mol. The van der Waals surface area contributed by atoms with Gasteiger partial charge in [-0.2, -0.15) is 0 Å². The number of esters is 1. The van der Waals surface area contributed by atoms with Crippen molar-refractivity contribution in [2.75, 3.05) is 38.8 Å². The maximum Gasteiger partial charge on any atom is 0.344 e. The number of rotatable bonds is 6. The van der Waals surface area contributed by atoms with Gasteiger partial charge in [-0.05, 0) is 26.0 Å². The van der Waals surface area contributed by atoms with Crippen molar-refractivity contribution in [1.29, 1.82) is 0 Å². The van der Waals surface area contributed by atoms with Crippen molar-refractivity contribution in [3.05, 3.63) is 51.8 Å². The molecule has 0 amide bonds. The van der Waals surface area contributed by atoms with Gasteiger partial charge >= 0.3 is 5.97 Å². The molecule has 1 N–H and O–H groups in total. The SMILES string of the molecule is CCOC(=O)c1c(-c2cc3ccccc3nc2N2CC(C)C(OC)C2)[nH]c(C)c(OC)c1=O. The van der Waals surface area contributed by atoms with Gasteiger partial charge < -0.3 is 24.1 Å². The molecule has 1 saturated heterocycles. The van der Waals surface area contributed by atoms with Crippen molar-refractivity contribution in [2.24, 2.45) is 5.92 Å². The number of nitrogens with one attached hydrogen (secondary N) is 1. The summed E-state index contributed by atoms with van der Waals surface area (Å²) in [7, 11) is 3.12. The van der Waals surface area contributed by atoms with Gasteiger partial charge in [0.05, 0.1) is 36.7 Å². The van der Waals surface area contributed by atoms with Gasteiger partial charge in [-0.25, -0.2) is 9.78 Å². The van der Waals surface area contributed by atoms with Gasteiger partial charge in [0.15, 0.2) is 5.75 Å². The van der Waals surface area contributed by atoms with Crippen molar-refractivity contribution in [1.82, 2.24) is 9.97 Å². The Kier molecular flexibility index (Phi) is 6.37. The highest BCUT2D eigenvalue weighted by Gasteiger charge is 2.33. The number of hydrogen-bond donors (Lipinski definition) is 1. The number of aromatic amines is 1. The molecule has 0 radical (unpaired) electrons. The fraction of sp³-hybridized carbons (Fsp3) is 0.400. The number of benzene rings is 1. The molecule has 1 aliphatic rings. The minimum absolute atomic E-state index is 0.0623. The van der Waals surface area contributed by atoms with Gasteiger partial charge in [-0.1, -0.05) is 25.1 Å². The summed E-state index contributed by atoms with van der Waals surface area (Å²) in [5, 5.41) is 0.899. The molecule has 2 unspecified atom stereocenters. The van der Waals surface area contributed by atoms with E-state index >= 15 is 0 Å². The van der Waals surface area contributed by atoms with E-state index in [2.05, 4.69) is 16.8 Å². The number of aromatic nitrogens is 2. The number of H-pyrrole nitrogens is 1. The van der Waals surface area contributed by atoms with Crippen molar-refractivity contribution in [2.45, 2.75) is 26.9 Å². The summed E-state index contributed by atoms with van der Waals surface area (Å²) in [5.41, 5.74) is 1.78. The Morgan fingerprint density at radius 1 is 1.24 bits per heavy atom. The molecule has 174 valence electrons. The second-order valence-corrected chi connectivity index (χ2v) is 8.29. The average Bonchev–Trinajstić information content (AvgIpc) is 3.18. The third kappa shape index (κ3) is 4.06. The molecule has 2 atom stereocenters. The van der Waals surface area contributed by atoms with Crippen LogP contribution < -0.4 is 15.1 Å². The Morgan fingerprint density at radius 2 is 2.00 bits per heavy atom. The number of ether oxygens (including phenoxy) is 3. The predicted molar refractivity (Wildman–Crippen MR) is 127 cm³/mol.